The quantitative estimate of drug-likeness (QED) is 0.803. The first-order chi connectivity index (χ1) is 9.38. The monoisotopic (exact) mass is 274 g/mol. The van der Waals surface area contributed by atoms with Crippen molar-refractivity contribution in [3.8, 4) is 5.75 Å². The second-order valence-electron chi connectivity index (χ2n) is 4.73. The minimum Gasteiger partial charge on any atom is -0.541 e. The summed E-state index contributed by atoms with van der Waals surface area (Å²) < 4.78 is 13.5. The fourth-order valence-electron chi connectivity index (χ4n) is 2.40. The van der Waals surface area contributed by atoms with Crippen molar-refractivity contribution in [3.05, 3.63) is 24.4 Å². The first-order valence-electron chi connectivity index (χ1n) is 6.87. The molecule has 2 radical (unpaired) electrons. The van der Waals surface area contributed by atoms with Crippen LogP contribution in [0.4, 0.5) is 0 Å². The van der Waals surface area contributed by atoms with Gasteiger partial charge in [-0.15, -0.1) is 0 Å². The van der Waals surface area contributed by atoms with Gasteiger partial charge < -0.3 is 9.16 Å². The number of benzene rings is 1. The Labute approximate surface area is 115 Å². The van der Waals surface area contributed by atoms with Crippen LogP contribution in [0.1, 0.15) is 32.4 Å². The predicted octanol–water partition coefficient (Wildman–Crippen LogP) is 3.17. The van der Waals surface area contributed by atoms with E-state index in [2.05, 4.69) is 24.2 Å². The van der Waals surface area contributed by atoms with Crippen molar-refractivity contribution >= 4 is 20.7 Å². The molecular formula is C14H18N2O2Si. The summed E-state index contributed by atoms with van der Waals surface area (Å²) in [4.78, 5) is 0. The third-order valence-corrected chi connectivity index (χ3v) is 4.00. The second kappa shape index (κ2) is 5.75. The van der Waals surface area contributed by atoms with Crippen LogP contribution >= 0.6 is 0 Å². The normalized spacial score (nSPS) is 19.7. The molecule has 2 aromatic rings. The maximum absolute atomic E-state index is 5.80. The molecule has 0 spiro atoms. The zero-order valence-electron chi connectivity index (χ0n) is 11.1. The molecule has 3 rings (SSSR count). The molecule has 1 unspecified atom stereocenters. The summed E-state index contributed by atoms with van der Waals surface area (Å²) in [6, 6.07) is 7.21. The van der Waals surface area contributed by atoms with E-state index in [1.165, 1.54) is 6.42 Å². The van der Waals surface area contributed by atoms with Crippen LogP contribution in [0.2, 0.25) is 6.04 Å². The fourth-order valence-corrected chi connectivity index (χ4v) is 2.83. The minimum atomic E-state index is 0.0931. The van der Waals surface area contributed by atoms with Crippen molar-refractivity contribution in [2.45, 2.75) is 38.5 Å². The standard InChI is InChI=1S/C14H18N2O2Si/c1-2-19-18-12-6-7-13-11(9-12)10-15-16(13)14-5-3-4-8-17-14/h6-7,9-10,14H,2-5,8H2,1H3. The highest BCUT2D eigenvalue weighted by Gasteiger charge is 2.18. The van der Waals surface area contributed by atoms with Gasteiger partial charge in [0.05, 0.1) is 11.7 Å². The van der Waals surface area contributed by atoms with Crippen LogP contribution in [-0.2, 0) is 4.74 Å². The van der Waals surface area contributed by atoms with Gasteiger partial charge in [-0.25, -0.2) is 4.68 Å². The smallest absolute Gasteiger partial charge is 0.310 e. The van der Waals surface area contributed by atoms with Gasteiger partial charge >= 0.3 is 9.76 Å². The molecule has 1 saturated heterocycles. The Morgan fingerprint density at radius 2 is 2.42 bits per heavy atom. The van der Waals surface area contributed by atoms with E-state index in [0.717, 1.165) is 42.1 Å². The van der Waals surface area contributed by atoms with Crippen molar-refractivity contribution in [3.63, 3.8) is 0 Å². The molecule has 0 saturated carbocycles. The molecule has 1 aliphatic rings. The van der Waals surface area contributed by atoms with E-state index in [4.69, 9.17) is 9.16 Å². The number of ether oxygens (including phenoxy) is 1. The van der Waals surface area contributed by atoms with Crippen molar-refractivity contribution in [1.29, 1.82) is 0 Å². The third kappa shape index (κ3) is 2.67. The van der Waals surface area contributed by atoms with E-state index >= 15 is 0 Å². The van der Waals surface area contributed by atoms with E-state index in [9.17, 15) is 0 Å². The molecule has 100 valence electrons. The number of aromatic nitrogens is 2. The van der Waals surface area contributed by atoms with Crippen LogP contribution in [0.15, 0.2) is 24.4 Å². The highest BCUT2D eigenvalue weighted by molar-refractivity contribution is 6.28. The largest absolute Gasteiger partial charge is 0.541 e. The lowest BCUT2D eigenvalue weighted by atomic mass is 10.2. The Bertz CT molecular complexity index is 549. The lowest BCUT2D eigenvalue weighted by molar-refractivity contribution is -0.0366. The highest BCUT2D eigenvalue weighted by atomic mass is 28.2. The highest BCUT2D eigenvalue weighted by Crippen LogP contribution is 2.27. The van der Waals surface area contributed by atoms with E-state index < -0.39 is 0 Å². The Hall–Kier alpha value is -1.33. The molecule has 4 nitrogen and oxygen atoms in total. The van der Waals surface area contributed by atoms with Crippen LogP contribution in [0.3, 0.4) is 0 Å². The van der Waals surface area contributed by atoms with E-state index in [0.29, 0.717) is 9.76 Å². The van der Waals surface area contributed by atoms with Crippen LogP contribution in [0.25, 0.3) is 10.9 Å². The molecule has 1 aliphatic heterocycles. The molecule has 5 heteroatoms. The molecule has 2 heterocycles. The first kappa shape index (κ1) is 12.7. The molecule has 0 aliphatic carbocycles. The van der Waals surface area contributed by atoms with Gasteiger partial charge in [-0.2, -0.15) is 5.10 Å². The van der Waals surface area contributed by atoms with Crippen LogP contribution in [0.5, 0.6) is 5.75 Å². The number of fused-ring (bicyclic) bond motifs is 1. The Balaban J connectivity index is 1.86. The van der Waals surface area contributed by atoms with Gasteiger partial charge in [0.25, 0.3) is 0 Å². The molecule has 1 aromatic heterocycles. The molecule has 0 N–H and O–H groups in total. The zero-order valence-corrected chi connectivity index (χ0v) is 12.1. The summed E-state index contributed by atoms with van der Waals surface area (Å²) in [6.07, 6.45) is 5.41. The number of rotatable bonds is 4. The van der Waals surface area contributed by atoms with Gasteiger partial charge in [-0.1, -0.05) is 6.92 Å². The van der Waals surface area contributed by atoms with Crippen LogP contribution in [0, 0.1) is 0 Å². The van der Waals surface area contributed by atoms with Gasteiger partial charge in [-0.3, -0.25) is 0 Å². The van der Waals surface area contributed by atoms with Crippen molar-refractivity contribution in [1.82, 2.24) is 9.78 Å². The summed E-state index contributed by atoms with van der Waals surface area (Å²) >= 11 is 0. The van der Waals surface area contributed by atoms with E-state index in [1.54, 1.807) is 0 Å². The second-order valence-corrected chi connectivity index (χ2v) is 5.93. The van der Waals surface area contributed by atoms with E-state index in [1.807, 2.05) is 16.9 Å². The topological polar surface area (TPSA) is 36.3 Å². The Kier molecular flexibility index (Phi) is 3.84. The van der Waals surface area contributed by atoms with Gasteiger partial charge in [0, 0.05) is 12.0 Å². The summed E-state index contributed by atoms with van der Waals surface area (Å²) in [7, 11) is 0.523. The molecule has 1 fully saturated rings. The SMILES string of the molecule is CC[Si]Oc1ccc2c(cnn2C2CCCCO2)c1. The minimum absolute atomic E-state index is 0.0931. The first-order valence-corrected chi connectivity index (χ1v) is 7.98. The average molecular weight is 274 g/mol. The van der Waals surface area contributed by atoms with Crippen molar-refractivity contribution in [2.24, 2.45) is 0 Å². The average Bonchev–Trinajstić information content (AvgIpc) is 2.89. The van der Waals surface area contributed by atoms with Crippen molar-refractivity contribution < 1.29 is 9.16 Å². The van der Waals surface area contributed by atoms with Crippen LogP contribution in [-0.4, -0.2) is 26.2 Å². The lowest BCUT2D eigenvalue weighted by Crippen LogP contribution is -2.18. The lowest BCUT2D eigenvalue weighted by Gasteiger charge is -2.23. The van der Waals surface area contributed by atoms with Crippen LogP contribution < -0.4 is 4.43 Å². The molecule has 0 amide bonds. The van der Waals surface area contributed by atoms with Gasteiger partial charge in [0.2, 0.25) is 0 Å². The van der Waals surface area contributed by atoms with E-state index in [-0.39, 0.29) is 6.23 Å². The summed E-state index contributed by atoms with van der Waals surface area (Å²) in [5.74, 6) is 0.928. The molecular weight excluding hydrogens is 256 g/mol. The maximum atomic E-state index is 5.80. The van der Waals surface area contributed by atoms with Gasteiger partial charge in [0.1, 0.15) is 5.75 Å². The third-order valence-electron chi connectivity index (χ3n) is 3.33. The summed E-state index contributed by atoms with van der Waals surface area (Å²) in [5.41, 5.74) is 1.12. The number of hydrogen-bond donors (Lipinski definition) is 0. The molecule has 19 heavy (non-hydrogen) atoms. The van der Waals surface area contributed by atoms with Gasteiger partial charge in [0.15, 0.2) is 6.23 Å². The summed E-state index contributed by atoms with van der Waals surface area (Å²) in [5, 5.41) is 5.60. The zero-order chi connectivity index (χ0) is 13.1. The maximum Gasteiger partial charge on any atom is 0.310 e. The molecule has 0 bridgehead atoms. The summed E-state index contributed by atoms with van der Waals surface area (Å²) in [6.45, 7) is 2.96. The van der Waals surface area contributed by atoms with Gasteiger partial charge in [-0.05, 0) is 43.5 Å². The molecule has 1 atom stereocenters. The Morgan fingerprint density at radius 1 is 1.47 bits per heavy atom. The number of hydrogen-bond acceptors (Lipinski definition) is 3. The number of nitrogens with zero attached hydrogens (tertiary/aromatic N) is 2. The fraction of sp³-hybridized carbons (Fsp3) is 0.500. The Morgan fingerprint density at radius 3 is 3.21 bits per heavy atom. The van der Waals surface area contributed by atoms with Crippen molar-refractivity contribution in [2.75, 3.05) is 6.61 Å². The predicted molar refractivity (Wildman–Crippen MR) is 75.4 cm³/mol. The molecule has 1 aromatic carbocycles.